The van der Waals surface area contributed by atoms with Crippen LogP contribution in [-0.2, 0) is 11.2 Å². The van der Waals surface area contributed by atoms with Gasteiger partial charge in [0.1, 0.15) is 5.75 Å². The van der Waals surface area contributed by atoms with Gasteiger partial charge in [0.15, 0.2) is 0 Å². The third-order valence-electron chi connectivity index (χ3n) is 2.85. The smallest absolute Gasteiger partial charge is 0.223 e. The van der Waals surface area contributed by atoms with Gasteiger partial charge in [0, 0.05) is 19.2 Å². The number of unbranched alkanes of at least 4 members (excludes halogenated alkanes) is 1. The van der Waals surface area contributed by atoms with Gasteiger partial charge in [-0.05, 0) is 36.6 Å². The Hall–Kier alpha value is -1.77. The molecule has 0 heterocycles. The molecule has 0 aliphatic carbocycles. The van der Waals surface area contributed by atoms with Gasteiger partial charge >= 0.3 is 0 Å². The number of hydrogen-bond donors (Lipinski definition) is 1. The number of phenols is 1. The van der Waals surface area contributed by atoms with Gasteiger partial charge in [0.25, 0.3) is 0 Å². The molecule has 3 heteroatoms. The molecular weight excluding hydrogens is 226 g/mol. The number of amides is 1. The van der Waals surface area contributed by atoms with Crippen molar-refractivity contribution in [1.82, 2.24) is 0 Å². The van der Waals surface area contributed by atoms with E-state index >= 15 is 0 Å². The first-order valence-electron chi connectivity index (χ1n) is 6.31. The molecule has 0 atom stereocenters. The lowest BCUT2D eigenvalue weighted by Crippen LogP contribution is -2.29. The summed E-state index contributed by atoms with van der Waals surface area (Å²) >= 11 is 0. The zero-order valence-electron chi connectivity index (χ0n) is 11.1. The summed E-state index contributed by atoms with van der Waals surface area (Å²) in [6.45, 7) is 8.04. The van der Waals surface area contributed by atoms with Crippen molar-refractivity contribution in [2.24, 2.45) is 0 Å². The van der Waals surface area contributed by atoms with Crippen LogP contribution < -0.4 is 4.90 Å². The average Bonchev–Trinajstić information content (AvgIpc) is 2.33. The summed E-state index contributed by atoms with van der Waals surface area (Å²) in [5.74, 6) is 0.274. The highest BCUT2D eigenvalue weighted by Crippen LogP contribution is 2.25. The number of hydrogen-bond acceptors (Lipinski definition) is 2. The molecule has 1 aromatic carbocycles. The van der Waals surface area contributed by atoms with Crippen LogP contribution in [0, 0.1) is 0 Å². The molecule has 0 aliphatic rings. The van der Waals surface area contributed by atoms with Crippen molar-refractivity contribution in [1.29, 1.82) is 0 Å². The van der Waals surface area contributed by atoms with Crippen molar-refractivity contribution in [3.63, 3.8) is 0 Å². The number of carbonyl (C=O) groups is 1. The molecule has 3 nitrogen and oxygen atoms in total. The average molecular weight is 247 g/mol. The number of aromatic hydroxyl groups is 1. The van der Waals surface area contributed by atoms with Crippen LogP contribution in [0.15, 0.2) is 30.9 Å². The molecule has 1 N–H and O–H groups in total. The fourth-order valence-corrected chi connectivity index (χ4v) is 1.84. The lowest BCUT2D eigenvalue weighted by atomic mass is 10.1. The molecule has 0 aromatic heterocycles. The van der Waals surface area contributed by atoms with Crippen LogP contribution in [-0.4, -0.2) is 17.6 Å². The van der Waals surface area contributed by atoms with Gasteiger partial charge in [-0.2, -0.15) is 0 Å². The molecule has 18 heavy (non-hydrogen) atoms. The number of allylic oxidation sites excluding steroid dienone is 1. The lowest BCUT2D eigenvalue weighted by molar-refractivity contribution is -0.116. The summed E-state index contributed by atoms with van der Waals surface area (Å²) in [5, 5.41) is 9.71. The highest BCUT2D eigenvalue weighted by molar-refractivity contribution is 5.91. The quantitative estimate of drug-likeness (QED) is 0.784. The Kier molecular flexibility index (Phi) is 5.43. The standard InChI is InChI=1S/C15H21NO2/c1-4-6-10-16(12(3)17)14-8-9-15(18)13(11-14)7-5-2/h5,8-9,11,18H,2,4,6-7,10H2,1,3H3. The zero-order valence-corrected chi connectivity index (χ0v) is 11.1. The number of phenolic OH excluding ortho intramolecular Hbond substituents is 1. The zero-order chi connectivity index (χ0) is 13.5. The maximum Gasteiger partial charge on any atom is 0.223 e. The molecule has 0 fully saturated rings. The van der Waals surface area contributed by atoms with Crippen LogP contribution in [0.1, 0.15) is 32.3 Å². The fourth-order valence-electron chi connectivity index (χ4n) is 1.84. The summed E-state index contributed by atoms with van der Waals surface area (Å²) in [6.07, 6.45) is 4.35. The first-order chi connectivity index (χ1) is 8.60. The van der Waals surface area contributed by atoms with Crippen LogP contribution in [0.25, 0.3) is 0 Å². The normalized spacial score (nSPS) is 10.1. The van der Waals surface area contributed by atoms with E-state index in [-0.39, 0.29) is 11.7 Å². The second-order valence-electron chi connectivity index (χ2n) is 4.33. The maximum absolute atomic E-state index is 11.6. The summed E-state index contributed by atoms with van der Waals surface area (Å²) in [4.78, 5) is 13.4. The molecule has 1 aromatic rings. The minimum atomic E-state index is 0.0266. The summed E-state index contributed by atoms with van der Waals surface area (Å²) < 4.78 is 0. The Balaban J connectivity index is 3.00. The molecule has 1 rings (SSSR count). The first-order valence-corrected chi connectivity index (χ1v) is 6.31. The van der Waals surface area contributed by atoms with Crippen LogP contribution in [0.4, 0.5) is 5.69 Å². The van der Waals surface area contributed by atoms with Gasteiger partial charge in [-0.3, -0.25) is 4.79 Å². The molecule has 0 radical (unpaired) electrons. The summed E-state index contributed by atoms with van der Waals surface area (Å²) in [7, 11) is 0. The number of rotatable bonds is 6. The summed E-state index contributed by atoms with van der Waals surface area (Å²) in [5.41, 5.74) is 1.64. The molecule has 0 saturated carbocycles. The fraction of sp³-hybridized carbons (Fsp3) is 0.400. The monoisotopic (exact) mass is 247 g/mol. The van der Waals surface area contributed by atoms with Crippen LogP contribution in [0.3, 0.4) is 0 Å². The van der Waals surface area contributed by atoms with Crippen LogP contribution in [0.2, 0.25) is 0 Å². The molecule has 0 unspecified atom stereocenters. The van der Waals surface area contributed by atoms with E-state index in [2.05, 4.69) is 13.5 Å². The van der Waals surface area contributed by atoms with E-state index in [1.165, 1.54) is 0 Å². The van der Waals surface area contributed by atoms with Crippen molar-refractivity contribution in [2.45, 2.75) is 33.1 Å². The maximum atomic E-state index is 11.6. The van der Waals surface area contributed by atoms with Crippen molar-refractivity contribution in [3.05, 3.63) is 36.4 Å². The van der Waals surface area contributed by atoms with Crippen LogP contribution in [0.5, 0.6) is 5.75 Å². The second-order valence-corrected chi connectivity index (χ2v) is 4.33. The van der Waals surface area contributed by atoms with E-state index in [1.54, 1.807) is 30.0 Å². The Morgan fingerprint density at radius 2 is 2.22 bits per heavy atom. The minimum Gasteiger partial charge on any atom is -0.508 e. The highest BCUT2D eigenvalue weighted by atomic mass is 16.3. The number of carbonyl (C=O) groups excluding carboxylic acids is 1. The van der Waals surface area contributed by atoms with Gasteiger partial charge in [-0.15, -0.1) is 6.58 Å². The van der Waals surface area contributed by atoms with E-state index in [1.807, 2.05) is 6.07 Å². The van der Waals surface area contributed by atoms with Gasteiger partial charge in [0.2, 0.25) is 5.91 Å². The van der Waals surface area contributed by atoms with E-state index in [4.69, 9.17) is 0 Å². The van der Waals surface area contributed by atoms with Crippen LogP contribution >= 0.6 is 0 Å². The first kappa shape index (κ1) is 14.3. The third kappa shape index (κ3) is 3.62. The van der Waals surface area contributed by atoms with E-state index in [0.717, 1.165) is 24.1 Å². The molecule has 1 amide bonds. The van der Waals surface area contributed by atoms with Crippen molar-refractivity contribution >= 4 is 11.6 Å². The van der Waals surface area contributed by atoms with Gasteiger partial charge in [-0.1, -0.05) is 19.4 Å². The summed E-state index contributed by atoms with van der Waals surface area (Å²) in [6, 6.07) is 5.27. The lowest BCUT2D eigenvalue weighted by Gasteiger charge is -2.21. The molecule has 0 saturated heterocycles. The predicted molar refractivity (Wildman–Crippen MR) is 74.9 cm³/mol. The number of anilines is 1. The van der Waals surface area contributed by atoms with Crippen molar-refractivity contribution in [3.8, 4) is 5.75 Å². The SMILES string of the molecule is C=CCc1cc(N(CCCC)C(C)=O)ccc1O. The van der Waals surface area contributed by atoms with E-state index < -0.39 is 0 Å². The predicted octanol–water partition coefficient (Wildman–Crippen LogP) is 3.27. The largest absolute Gasteiger partial charge is 0.508 e. The molecule has 98 valence electrons. The number of benzene rings is 1. The van der Waals surface area contributed by atoms with Crippen molar-refractivity contribution < 1.29 is 9.90 Å². The third-order valence-corrected chi connectivity index (χ3v) is 2.85. The van der Waals surface area contributed by atoms with Crippen molar-refractivity contribution in [2.75, 3.05) is 11.4 Å². The van der Waals surface area contributed by atoms with Gasteiger partial charge in [-0.25, -0.2) is 0 Å². The van der Waals surface area contributed by atoms with E-state index in [9.17, 15) is 9.90 Å². The Bertz CT molecular complexity index is 427. The highest BCUT2D eigenvalue weighted by Gasteiger charge is 2.12. The van der Waals surface area contributed by atoms with Gasteiger partial charge in [0.05, 0.1) is 0 Å². The molecule has 0 aliphatic heterocycles. The number of nitrogens with zero attached hydrogens (tertiary/aromatic N) is 1. The van der Waals surface area contributed by atoms with Gasteiger partial charge < -0.3 is 10.0 Å². The Labute approximate surface area is 109 Å². The Morgan fingerprint density at radius 3 is 2.78 bits per heavy atom. The Morgan fingerprint density at radius 1 is 1.50 bits per heavy atom. The second kappa shape index (κ2) is 6.84. The minimum absolute atomic E-state index is 0.0266. The molecular formula is C15H21NO2. The topological polar surface area (TPSA) is 40.5 Å². The molecule has 0 spiro atoms. The molecule has 0 bridgehead atoms. The van der Waals surface area contributed by atoms with E-state index in [0.29, 0.717) is 13.0 Å².